The van der Waals surface area contributed by atoms with Gasteiger partial charge in [0.1, 0.15) is 0 Å². The molecule has 1 aliphatic heterocycles. The molecule has 2 nitrogen and oxygen atoms in total. The molecule has 0 spiro atoms. The van der Waals surface area contributed by atoms with Crippen LogP contribution >= 0.6 is 0 Å². The fourth-order valence-corrected chi connectivity index (χ4v) is 2.59. The first kappa shape index (κ1) is 12.6. The monoisotopic (exact) mass is 233 g/mol. The Kier molecular flexibility index (Phi) is 3.28. The number of likely N-dealkylation sites (tertiary alicyclic amines) is 1. The molecule has 0 aliphatic carbocycles. The molecule has 1 saturated heterocycles. The fourth-order valence-electron chi connectivity index (χ4n) is 2.59. The van der Waals surface area contributed by atoms with Crippen LogP contribution in [0.5, 0.6) is 0 Å². The molecule has 0 aromatic heterocycles. The summed E-state index contributed by atoms with van der Waals surface area (Å²) in [4.78, 5) is 2.39. The Balaban J connectivity index is 2.19. The van der Waals surface area contributed by atoms with Crippen LogP contribution in [0, 0.1) is 13.8 Å². The summed E-state index contributed by atoms with van der Waals surface area (Å²) in [6.07, 6.45) is 0.685. The number of aliphatic hydroxyl groups excluding tert-OH is 1. The highest BCUT2D eigenvalue weighted by Gasteiger charge is 2.39. The second-order valence-corrected chi connectivity index (χ2v) is 5.81. The maximum atomic E-state index is 9.99. The third-order valence-electron chi connectivity index (χ3n) is 4.17. The van der Waals surface area contributed by atoms with Crippen LogP contribution in [0.4, 0.5) is 0 Å². The average Bonchev–Trinajstić information content (AvgIpc) is 2.50. The van der Waals surface area contributed by atoms with Crippen LogP contribution in [-0.2, 0) is 6.54 Å². The number of aliphatic hydroxyl groups is 1. The minimum absolute atomic E-state index is 0.101. The van der Waals surface area contributed by atoms with Gasteiger partial charge in [-0.1, -0.05) is 23.8 Å². The zero-order valence-corrected chi connectivity index (χ0v) is 11.3. The molecule has 0 bridgehead atoms. The van der Waals surface area contributed by atoms with Gasteiger partial charge in [0.15, 0.2) is 0 Å². The number of nitrogens with zero attached hydrogens (tertiary/aromatic N) is 1. The molecule has 1 aromatic carbocycles. The number of rotatable bonds is 2. The molecular formula is C15H23NO. The molecule has 0 amide bonds. The first-order chi connectivity index (χ1) is 7.91. The van der Waals surface area contributed by atoms with Gasteiger partial charge in [0.05, 0.1) is 6.10 Å². The van der Waals surface area contributed by atoms with Gasteiger partial charge in [0.25, 0.3) is 0 Å². The van der Waals surface area contributed by atoms with E-state index in [1.165, 1.54) is 16.7 Å². The summed E-state index contributed by atoms with van der Waals surface area (Å²) in [5.41, 5.74) is 3.93. The van der Waals surface area contributed by atoms with Crippen LogP contribution in [0.15, 0.2) is 18.2 Å². The first-order valence-corrected chi connectivity index (χ1v) is 6.40. The van der Waals surface area contributed by atoms with Crippen LogP contribution in [0.25, 0.3) is 0 Å². The molecule has 94 valence electrons. The van der Waals surface area contributed by atoms with Crippen molar-refractivity contribution in [1.82, 2.24) is 4.90 Å². The third kappa shape index (κ3) is 2.38. The van der Waals surface area contributed by atoms with Gasteiger partial charge < -0.3 is 5.11 Å². The van der Waals surface area contributed by atoms with Crippen molar-refractivity contribution >= 4 is 0 Å². The van der Waals surface area contributed by atoms with Crippen LogP contribution in [0.3, 0.4) is 0 Å². The van der Waals surface area contributed by atoms with E-state index >= 15 is 0 Å². The van der Waals surface area contributed by atoms with E-state index in [9.17, 15) is 5.11 Å². The van der Waals surface area contributed by atoms with Crippen molar-refractivity contribution in [3.05, 3.63) is 34.9 Å². The highest BCUT2D eigenvalue weighted by Crippen LogP contribution is 2.30. The Hall–Kier alpha value is -0.860. The summed E-state index contributed by atoms with van der Waals surface area (Å²) in [6.45, 7) is 10.5. The van der Waals surface area contributed by atoms with Crippen LogP contribution in [-0.4, -0.2) is 28.2 Å². The standard InChI is InChI=1S/C15H23NO/c1-11-5-6-12(2)13(9-11)10-16-8-7-14(17)15(16,3)4/h5-6,9,14,17H,7-8,10H2,1-4H3. The Morgan fingerprint density at radius 2 is 2.06 bits per heavy atom. The van der Waals surface area contributed by atoms with E-state index in [0.717, 1.165) is 19.5 Å². The molecule has 17 heavy (non-hydrogen) atoms. The molecule has 1 atom stereocenters. The maximum absolute atomic E-state index is 9.99. The minimum atomic E-state index is -0.201. The highest BCUT2D eigenvalue weighted by molar-refractivity contribution is 5.30. The van der Waals surface area contributed by atoms with Crippen molar-refractivity contribution in [3.63, 3.8) is 0 Å². The molecule has 1 unspecified atom stereocenters. The first-order valence-electron chi connectivity index (χ1n) is 6.40. The molecule has 1 aromatic rings. The van der Waals surface area contributed by atoms with E-state index in [1.54, 1.807) is 0 Å². The van der Waals surface area contributed by atoms with Crippen molar-refractivity contribution in [1.29, 1.82) is 0 Å². The molecule has 0 radical (unpaired) electrons. The lowest BCUT2D eigenvalue weighted by Crippen LogP contribution is -2.44. The van der Waals surface area contributed by atoms with E-state index < -0.39 is 0 Å². The molecular weight excluding hydrogens is 210 g/mol. The largest absolute Gasteiger partial charge is 0.391 e. The predicted octanol–water partition coefficient (Wildman–Crippen LogP) is 2.65. The molecule has 1 aliphatic rings. The van der Waals surface area contributed by atoms with E-state index in [4.69, 9.17) is 0 Å². The highest BCUT2D eigenvalue weighted by atomic mass is 16.3. The lowest BCUT2D eigenvalue weighted by atomic mass is 9.97. The van der Waals surface area contributed by atoms with E-state index in [-0.39, 0.29) is 11.6 Å². The van der Waals surface area contributed by atoms with Crippen LogP contribution < -0.4 is 0 Å². The molecule has 0 saturated carbocycles. The number of aryl methyl sites for hydroxylation is 2. The Labute approximate surface area is 104 Å². The molecule has 2 rings (SSSR count). The van der Waals surface area contributed by atoms with Crippen LogP contribution in [0.1, 0.15) is 37.0 Å². The SMILES string of the molecule is Cc1ccc(C)c(CN2CCC(O)C2(C)C)c1. The summed E-state index contributed by atoms with van der Waals surface area (Å²) >= 11 is 0. The van der Waals surface area contributed by atoms with E-state index in [2.05, 4.69) is 50.8 Å². The Bertz CT molecular complexity index is 411. The van der Waals surface area contributed by atoms with Gasteiger partial charge in [-0.2, -0.15) is 0 Å². The zero-order chi connectivity index (χ0) is 12.6. The Morgan fingerprint density at radius 3 is 2.65 bits per heavy atom. The molecule has 1 heterocycles. The van der Waals surface area contributed by atoms with Crippen molar-refractivity contribution < 1.29 is 5.11 Å². The number of hydrogen-bond donors (Lipinski definition) is 1. The molecule has 1 N–H and O–H groups in total. The summed E-state index contributed by atoms with van der Waals surface area (Å²) < 4.78 is 0. The quantitative estimate of drug-likeness (QED) is 0.849. The van der Waals surface area contributed by atoms with Crippen molar-refractivity contribution in [2.24, 2.45) is 0 Å². The van der Waals surface area contributed by atoms with Gasteiger partial charge in [-0.3, -0.25) is 4.90 Å². The zero-order valence-electron chi connectivity index (χ0n) is 11.3. The molecule has 1 fully saturated rings. The van der Waals surface area contributed by atoms with E-state index in [0.29, 0.717) is 0 Å². The summed E-state index contributed by atoms with van der Waals surface area (Å²) in [7, 11) is 0. The smallest absolute Gasteiger partial charge is 0.0730 e. The van der Waals surface area contributed by atoms with Gasteiger partial charge in [-0.05, 0) is 45.2 Å². The predicted molar refractivity (Wildman–Crippen MR) is 71.0 cm³/mol. The topological polar surface area (TPSA) is 23.5 Å². The fraction of sp³-hybridized carbons (Fsp3) is 0.600. The molecule has 2 heteroatoms. The lowest BCUT2D eigenvalue weighted by Gasteiger charge is -2.34. The second-order valence-electron chi connectivity index (χ2n) is 5.81. The van der Waals surface area contributed by atoms with Gasteiger partial charge in [0.2, 0.25) is 0 Å². The maximum Gasteiger partial charge on any atom is 0.0730 e. The van der Waals surface area contributed by atoms with Gasteiger partial charge >= 0.3 is 0 Å². The summed E-state index contributed by atoms with van der Waals surface area (Å²) in [5, 5.41) is 9.99. The van der Waals surface area contributed by atoms with Crippen LogP contribution in [0.2, 0.25) is 0 Å². The number of hydrogen-bond acceptors (Lipinski definition) is 2. The normalized spacial score (nSPS) is 24.2. The Morgan fingerprint density at radius 1 is 1.35 bits per heavy atom. The average molecular weight is 233 g/mol. The van der Waals surface area contributed by atoms with Crippen molar-refractivity contribution in [2.75, 3.05) is 6.54 Å². The third-order valence-corrected chi connectivity index (χ3v) is 4.17. The minimum Gasteiger partial charge on any atom is -0.391 e. The van der Waals surface area contributed by atoms with Gasteiger partial charge in [-0.15, -0.1) is 0 Å². The second kappa shape index (κ2) is 4.43. The van der Waals surface area contributed by atoms with Gasteiger partial charge in [-0.25, -0.2) is 0 Å². The van der Waals surface area contributed by atoms with Crippen molar-refractivity contribution in [3.8, 4) is 0 Å². The van der Waals surface area contributed by atoms with E-state index in [1.807, 2.05) is 0 Å². The lowest BCUT2D eigenvalue weighted by molar-refractivity contribution is 0.0505. The summed E-state index contributed by atoms with van der Waals surface area (Å²) in [6, 6.07) is 6.60. The number of benzene rings is 1. The van der Waals surface area contributed by atoms with Crippen molar-refractivity contribution in [2.45, 2.75) is 52.3 Å². The summed E-state index contributed by atoms with van der Waals surface area (Å²) in [5.74, 6) is 0. The van der Waals surface area contributed by atoms with Gasteiger partial charge in [0, 0.05) is 18.6 Å².